The highest BCUT2D eigenvalue weighted by Crippen LogP contribution is 2.29. The lowest BCUT2D eigenvalue weighted by Gasteiger charge is -2.12. The second kappa shape index (κ2) is 9.44. The summed E-state index contributed by atoms with van der Waals surface area (Å²) in [6, 6.07) is 4.91. The van der Waals surface area contributed by atoms with E-state index in [-0.39, 0.29) is 16.7 Å². The van der Waals surface area contributed by atoms with Gasteiger partial charge in [-0.1, -0.05) is 12.1 Å². The maximum Gasteiger partial charge on any atom is 0.416 e. The molecule has 1 atom stereocenters. The second-order valence-corrected chi connectivity index (χ2v) is 9.70. The first kappa shape index (κ1) is 23.3. The van der Waals surface area contributed by atoms with Crippen LogP contribution in [0, 0.1) is 13.8 Å². The molecule has 0 aliphatic heterocycles. The van der Waals surface area contributed by atoms with Crippen molar-refractivity contribution in [1.29, 1.82) is 0 Å². The van der Waals surface area contributed by atoms with Gasteiger partial charge in [0.05, 0.1) is 22.0 Å². The summed E-state index contributed by atoms with van der Waals surface area (Å²) in [5.41, 5.74) is 0.790. The third kappa shape index (κ3) is 5.68. The minimum atomic E-state index is -4.36. The number of aromatic nitrogens is 2. The number of nitrogens with one attached hydrogen (secondary N) is 2. The predicted octanol–water partition coefficient (Wildman–Crippen LogP) is 4.60. The number of benzene rings is 1. The minimum Gasteiger partial charge on any atom is -0.355 e. The Balaban J connectivity index is 1.50. The summed E-state index contributed by atoms with van der Waals surface area (Å²) in [5.74, 6) is 0.727. The fraction of sp³-hybridized carbons (Fsp3) is 0.381. The topological polar surface area (TPSA) is 74.8 Å². The van der Waals surface area contributed by atoms with Gasteiger partial charge in [0.25, 0.3) is 5.56 Å². The quantitative estimate of drug-likeness (QED) is 0.530. The van der Waals surface area contributed by atoms with Gasteiger partial charge in [0.1, 0.15) is 10.7 Å². The van der Waals surface area contributed by atoms with Crippen molar-refractivity contribution in [3.8, 4) is 0 Å². The molecule has 0 fully saturated rings. The first-order valence-corrected chi connectivity index (χ1v) is 11.5. The van der Waals surface area contributed by atoms with Crippen LogP contribution in [-0.2, 0) is 23.1 Å². The molecule has 0 aliphatic carbocycles. The summed E-state index contributed by atoms with van der Waals surface area (Å²) in [6.45, 7) is 5.93. The van der Waals surface area contributed by atoms with Gasteiger partial charge in [-0.2, -0.15) is 13.2 Å². The van der Waals surface area contributed by atoms with Gasteiger partial charge < -0.3 is 10.3 Å². The van der Waals surface area contributed by atoms with Gasteiger partial charge in [0.2, 0.25) is 5.91 Å². The van der Waals surface area contributed by atoms with Crippen LogP contribution in [0.1, 0.15) is 34.3 Å². The first-order valence-electron chi connectivity index (χ1n) is 9.60. The molecule has 1 amide bonds. The van der Waals surface area contributed by atoms with Crippen LogP contribution in [0.25, 0.3) is 10.2 Å². The van der Waals surface area contributed by atoms with Gasteiger partial charge in [0.15, 0.2) is 0 Å². The number of nitrogens with zero attached hydrogens (tertiary/aromatic N) is 1. The van der Waals surface area contributed by atoms with Crippen LogP contribution in [0.3, 0.4) is 0 Å². The second-order valence-electron chi connectivity index (χ2n) is 7.16. The molecule has 0 radical (unpaired) electrons. The van der Waals surface area contributed by atoms with E-state index in [1.54, 1.807) is 6.92 Å². The van der Waals surface area contributed by atoms with Gasteiger partial charge in [-0.15, -0.1) is 23.1 Å². The third-order valence-electron chi connectivity index (χ3n) is 4.92. The lowest BCUT2D eigenvalue weighted by Crippen LogP contribution is -2.32. The highest BCUT2D eigenvalue weighted by atomic mass is 32.2. The number of alkyl halides is 3. The summed E-state index contributed by atoms with van der Waals surface area (Å²) in [7, 11) is 0. The largest absolute Gasteiger partial charge is 0.416 e. The van der Waals surface area contributed by atoms with E-state index in [4.69, 9.17) is 0 Å². The van der Waals surface area contributed by atoms with Crippen molar-refractivity contribution in [2.24, 2.45) is 0 Å². The van der Waals surface area contributed by atoms with Crippen molar-refractivity contribution in [3.05, 3.63) is 62.0 Å². The van der Waals surface area contributed by atoms with Crippen LogP contribution in [0.5, 0.6) is 0 Å². The zero-order valence-electron chi connectivity index (χ0n) is 17.2. The highest BCUT2D eigenvalue weighted by Gasteiger charge is 2.29. The monoisotopic (exact) mass is 469 g/mol. The van der Waals surface area contributed by atoms with Crippen molar-refractivity contribution >= 4 is 39.2 Å². The maximum atomic E-state index is 12.6. The van der Waals surface area contributed by atoms with E-state index in [0.717, 1.165) is 22.6 Å². The highest BCUT2D eigenvalue weighted by molar-refractivity contribution is 7.99. The number of rotatable bonds is 7. The number of aryl methyl sites for hydroxylation is 2. The molecule has 0 saturated heterocycles. The van der Waals surface area contributed by atoms with E-state index in [9.17, 15) is 22.8 Å². The predicted molar refractivity (Wildman–Crippen MR) is 119 cm³/mol. The van der Waals surface area contributed by atoms with Crippen molar-refractivity contribution < 1.29 is 18.0 Å². The van der Waals surface area contributed by atoms with Crippen LogP contribution in [-0.4, -0.2) is 27.7 Å². The molecule has 1 aromatic carbocycles. The molecule has 0 aliphatic rings. The van der Waals surface area contributed by atoms with E-state index in [1.807, 2.05) is 13.8 Å². The van der Waals surface area contributed by atoms with Crippen molar-refractivity contribution in [2.45, 2.75) is 44.4 Å². The van der Waals surface area contributed by atoms with Crippen LogP contribution in [0.4, 0.5) is 13.2 Å². The summed E-state index contributed by atoms with van der Waals surface area (Å²) < 4.78 is 37.8. The molecule has 2 heterocycles. The van der Waals surface area contributed by atoms with Gasteiger partial charge in [-0.3, -0.25) is 9.59 Å². The van der Waals surface area contributed by atoms with Crippen molar-refractivity contribution in [2.75, 3.05) is 6.54 Å². The van der Waals surface area contributed by atoms with Gasteiger partial charge in [-0.25, -0.2) is 4.98 Å². The lowest BCUT2D eigenvalue weighted by atomic mass is 10.1. The maximum absolute atomic E-state index is 12.6. The lowest BCUT2D eigenvalue weighted by molar-refractivity contribution is -0.137. The van der Waals surface area contributed by atoms with Gasteiger partial charge >= 0.3 is 6.18 Å². The summed E-state index contributed by atoms with van der Waals surface area (Å²) in [5, 5.41) is 3.03. The number of H-pyrrole nitrogens is 1. The number of aromatic amines is 1. The molecule has 10 heteroatoms. The van der Waals surface area contributed by atoms with Gasteiger partial charge in [-0.05, 0) is 50.5 Å². The molecule has 2 aromatic heterocycles. The number of amides is 1. The molecular formula is C21H22F3N3O2S2. The Morgan fingerprint density at radius 1 is 1.26 bits per heavy atom. The first-order chi connectivity index (χ1) is 14.6. The molecule has 1 unspecified atom stereocenters. The molecule has 0 spiro atoms. The Morgan fingerprint density at radius 3 is 2.58 bits per heavy atom. The molecule has 5 nitrogen and oxygen atoms in total. The number of carbonyl (C=O) groups is 1. The smallest absolute Gasteiger partial charge is 0.355 e. The van der Waals surface area contributed by atoms with Crippen molar-refractivity contribution in [3.63, 3.8) is 0 Å². The summed E-state index contributed by atoms with van der Waals surface area (Å²) >= 11 is 2.83. The molecule has 166 valence electrons. The number of halogens is 3. The molecular weight excluding hydrogens is 447 g/mol. The SMILES string of the molecule is Cc1sc2nc(CSC(C)C(=O)NCCc3ccc(C(F)(F)F)cc3)[nH]c(=O)c2c1C. The van der Waals surface area contributed by atoms with Crippen LogP contribution in [0.15, 0.2) is 29.1 Å². The van der Waals surface area contributed by atoms with Crippen LogP contribution in [0.2, 0.25) is 0 Å². The Hall–Kier alpha value is -2.33. The Bertz CT molecular complexity index is 1140. The van der Waals surface area contributed by atoms with E-state index >= 15 is 0 Å². The molecule has 0 saturated carbocycles. The number of thiophene rings is 1. The minimum absolute atomic E-state index is 0.170. The van der Waals surface area contributed by atoms with Crippen LogP contribution < -0.4 is 10.9 Å². The molecule has 31 heavy (non-hydrogen) atoms. The van der Waals surface area contributed by atoms with Crippen LogP contribution >= 0.6 is 23.1 Å². The number of hydrogen-bond donors (Lipinski definition) is 2. The average molecular weight is 470 g/mol. The standard InChI is InChI=1S/C21H22F3N3O2S2/c1-11-12(2)31-20-17(11)19(29)26-16(27-20)10-30-13(3)18(28)25-9-8-14-4-6-15(7-5-14)21(22,23)24/h4-7,13H,8-10H2,1-3H3,(H,25,28)(H,26,27,29). The molecule has 0 bridgehead atoms. The van der Waals surface area contributed by atoms with Gasteiger partial charge in [0, 0.05) is 11.4 Å². The van der Waals surface area contributed by atoms with Crippen molar-refractivity contribution in [1.82, 2.24) is 15.3 Å². The van der Waals surface area contributed by atoms with E-state index in [2.05, 4.69) is 15.3 Å². The number of fused-ring (bicyclic) bond motifs is 1. The Kier molecular flexibility index (Phi) is 7.10. The van der Waals surface area contributed by atoms with E-state index in [1.165, 1.54) is 35.2 Å². The van der Waals surface area contributed by atoms with E-state index in [0.29, 0.717) is 40.3 Å². The van der Waals surface area contributed by atoms with E-state index < -0.39 is 11.7 Å². The molecule has 2 N–H and O–H groups in total. The number of hydrogen-bond acceptors (Lipinski definition) is 5. The Morgan fingerprint density at radius 2 is 1.94 bits per heavy atom. The fourth-order valence-corrected chi connectivity index (χ4v) is 4.81. The fourth-order valence-electron chi connectivity index (χ4n) is 2.98. The third-order valence-corrected chi connectivity index (χ3v) is 7.18. The zero-order chi connectivity index (χ0) is 22.8. The summed E-state index contributed by atoms with van der Waals surface area (Å²) in [4.78, 5) is 33.7. The zero-order valence-corrected chi connectivity index (χ0v) is 18.9. The molecule has 3 aromatic rings. The summed E-state index contributed by atoms with van der Waals surface area (Å²) in [6.07, 6.45) is -3.92. The number of thioether (sulfide) groups is 1. The normalized spacial score (nSPS) is 12.8. The number of carbonyl (C=O) groups excluding carboxylic acids is 1. The Labute approximate surface area is 185 Å². The average Bonchev–Trinajstić information content (AvgIpc) is 2.99. The molecule has 3 rings (SSSR count).